The van der Waals surface area contributed by atoms with E-state index in [1.54, 1.807) is 0 Å². The van der Waals surface area contributed by atoms with Gasteiger partial charge < -0.3 is 15.4 Å². The van der Waals surface area contributed by atoms with E-state index in [2.05, 4.69) is 27.7 Å². The van der Waals surface area contributed by atoms with Gasteiger partial charge in [-0.15, -0.1) is 24.8 Å². The number of amides is 1. The summed E-state index contributed by atoms with van der Waals surface area (Å²) < 4.78 is 5.36. The molecule has 0 aliphatic carbocycles. The molecule has 2 heterocycles. The molecule has 3 rings (SSSR count). The monoisotopic (exact) mass is 375 g/mol. The lowest BCUT2D eigenvalue weighted by Crippen LogP contribution is -2.48. The van der Waals surface area contributed by atoms with E-state index in [1.165, 1.54) is 5.56 Å². The van der Waals surface area contributed by atoms with E-state index in [0.29, 0.717) is 5.92 Å². The number of hydrogen-bond donors (Lipinski definition) is 2. The van der Waals surface area contributed by atoms with Gasteiger partial charge in [-0.25, -0.2) is 0 Å². The Balaban J connectivity index is 0.00000144. The number of morpholine rings is 1. The molecule has 0 spiro atoms. The van der Waals surface area contributed by atoms with E-state index in [9.17, 15) is 4.79 Å². The maximum Gasteiger partial charge on any atom is 0.227 e. The smallest absolute Gasteiger partial charge is 0.227 e. The molecule has 1 aromatic rings. The predicted molar refractivity (Wildman–Crippen MR) is 101 cm³/mol. The number of benzene rings is 1. The molecule has 1 amide bonds. The van der Waals surface area contributed by atoms with Gasteiger partial charge in [-0.1, -0.05) is 19.1 Å². The third-order valence-electron chi connectivity index (χ3n) is 4.67. The van der Waals surface area contributed by atoms with Crippen LogP contribution in [-0.2, 0) is 16.1 Å². The van der Waals surface area contributed by atoms with Crippen molar-refractivity contribution in [1.29, 1.82) is 0 Å². The van der Waals surface area contributed by atoms with Crippen molar-refractivity contribution in [3.8, 4) is 0 Å². The van der Waals surface area contributed by atoms with Crippen molar-refractivity contribution in [1.82, 2.24) is 10.2 Å². The second-order valence-corrected chi connectivity index (χ2v) is 6.28. The van der Waals surface area contributed by atoms with Crippen LogP contribution in [0.2, 0.25) is 0 Å². The minimum Gasteiger partial charge on any atom is -0.379 e. The van der Waals surface area contributed by atoms with Gasteiger partial charge in [0.1, 0.15) is 0 Å². The van der Waals surface area contributed by atoms with Crippen molar-refractivity contribution in [2.45, 2.75) is 13.5 Å². The number of carbonyl (C=O) groups is 1. The average Bonchev–Trinajstić information content (AvgIpc) is 2.48. The molecule has 5 nitrogen and oxygen atoms in total. The highest BCUT2D eigenvalue weighted by atomic mass is 35.5. The first-order valence-electron chi connectivity index (χ1n) is 8.13. The van der Waals surface area contributed by atoms with Gasteiger partial charge in [0.25, 0.3) is 0 Å². The Kier molecular flexibility index (Phi) is 9.02. The second-order valence-electron chi connectivity index (χ2n) is 6.28. The summed E-state index contributed by atoms with van der Waals surface area (Å²) in [6.45, 7) is 8.48. The highest BCUT2D eigenvalue weighted by Gasteiger charge is 2.28. The molecule has 1 atom stereocenters. The van der Waals surface area contributed by atoms with Crippen LogP contribution in [0.25, 0.3) is 0 Å². The second kappa shape index (κ2) is 10.2. The fraction of sp³-hybridized carbons (Fsp3) is 0.588. The number of anilines is 1. The zero-order valence-electron chi connectivity index (χ0n) is 14.0. The molecule has 2 aliphatic heterocycles. The van der Waals surface area contributed by atoms with Gasteiger partial charge in [0.05, 0.1) is 13.2 Å². The van der Waals surface area contributed by atoms with Gasteiger partial charge in [-0.3, -0.25) is 9.69 Å². The molecular formula is C17H27Cl2N3O2. The van der Waals surface area contributed by atoms with Gasteiger partial charge in [-0.2, -0.15) is 0 Å². The standard InChI is InChI=1S/C17H25N3O2.2ClH/c1-13(15-10-18-11-15)17(21)19-16-4-2-14(3-5-16)12-20-6-8-22-9-7-20;;/h2-5,13,15,18H,6-12H2,1H3,(H,19,21);2*1H. The van der Waals surface area contributed by atoms with Crippen molar-refractivity contribution >= 4 is 36.4 Å². The zero-order valence-corrected chi connectivity index (χ0v) is 15.6. The SMILES string of the molecule is CC(C(=O)Nc1ccc(CN2CCOCC2)cc1)C1CNC1.Cl.Cl. The van der Waals surface area contributed by atoms with Crippen molar-refractivity contribution in [2.24, 2.45) is 11.8 Å². The van der Waals surface area contributed by atoms with Crippen LogP contribution in [0.3, 0.4) is 0 Å². The molecule has 24 heavy (non-hydrogen) atoms. The van der Waals surface area contributed by atoms with E-state index in [-0.39, 0.29) is 36.6 Å². The van der Waals surface area contributed by atoms with Crippen LogP contribution in [0, 0.1) is 11.8 Å². The number of nitrogens with one attached hydrogen (secondary N) is 2. The highest BCUT2D eigenvalue weighted by molar-refractivity contribution is 5.92. The highest BCUT2D eigenvalue weighted by Crippen LogP contribution is 2.19. The number of hydrogen-bond acceptors (Lipinski definition) is 4. The summed E-state index contributed by atoms with van der Waals surface area (Å²) in [5, 5.41) is 6.23. The maximum atomic E-state index is 12.2. The van der Waals surface area contributed by atoms with E-state index in [4.69, 9.17) is 4.74 Å². The summed E-state index contributed by atoms with van der Waals surface area (Å²) in [7, 11) is 0. The number of halogens is 2. The Morgan fingerprint density at radius 1 is 1.25 bits per heavy atom. The van der Waals surface area contributed by atoms with Crippen molar-refractivity contribution in [2.75, 3.05) is 44.7 Å². The van der Waals surface area contributed by atoms with Crippen LogP contribution in [0.1, 0.15) is 12.5 Å². The number of carbonyl (C=O) groups excluding carboxylic acids is 1. The first kappa shape index (κ1) is 21.2. The Morgan fingerprint density at radius 3 is 2.42 bits per heavy atom. The molecule has 0 bridgehead atoms. The number of nitrogens with zero attached hydrogens (tertiary/aromatic N) is 1. The summed E-state index contributed by atoms with van der Waals surface area (Å²) in [5.74, 6) is 0.655. The molecule has 0 saturated carbocycles. The summed E-state index contributed by atoms with van der Waals surface area (Å²) in [4.78, 5) is 14.6. The Bertz CT molecular complexity index is 503. The minimum absolute atomic E-state index is 0. The Labute approximate surface area is 156 Å². The van der Waals surface area contributed by atoms with Crippen LogP contribution < -0.4 is 10.6 Å². The molecule has 1 unspecified atom stereocenters. The summed E-state index contributed by atoms with van der Waals surface area (Å²) >= 11 is 0. The molecule has 0 aromatic heterocycles. The van der Waals surface area contributed by atoms with Crippen molar-refractivity contribution in [3.05, 3.63) is 29.8 Å². The predicted octanol–water partition coefficient (Wildman–Crippen LogP) is 2.16. The summed E-state index contributed by atoms with van der Waals surface area (Å²) in [6.07, 6.45) is 0. The van der Waals surface area contributed by atoms with E-state index in [0.717, 1.165) is 51.6 Å². The van der Waals surface area contributed by atoms with Crippen molar-refractivity contribution in [3.63, 3.8) is 0 Å². The quantitative estimate of drug-likeness (QED) is 0.827. The fourth-order valence-corrected chi connectivity index (χ4v) is 2.85. The lowest BCUT2D eigenvalue weighted by Gasteiger charge is -2.31. The van der Waals surface area contributed by atoms with Crippen LogP contribution in [0.4, 0.5) is 5.69 Å². The third kappa shape index (κ3) is 5.60. The zero-order chi connectivity index (χ0) is 15.4. The fourth-order valence-electron chi connectivity index (χ4n) is 2.85. The molecule has 1 aromatic carbocycles. The van der Waals surface area contributed by atoms with Crippen LogP contribution >= 0.6 is 24.8 Å². The van der Waals surface area contributed by atoms with Crippen LogP contribution in [0.15, 0.2) is 24.3 Å². The summed E-state index contributed by atoms with van der Waals surface area (Å²) in [6, 6.07) is 8.19. The molecule has 2 saturated heterocycles. The molecule has 0 radical (unpaired) electrons. The maximum absolute atomic E-state index is 12.2. The topological polar surface area (TPSA) is 53.6 Å². The van der Waals surface area contributed by atoms with E-state index in [1.807, 2.05) is 19.1 Å². The number of rotatable bonds is 5. The first-order chi connectivity index (χ1) is 10.7. The molecular weight excluding hydrogens is 349 g/mol. The van der Waals surface area contributed by atoms with Gasteiger partial charge in [-0.05, 0) is 36.7 Å². The minimum atomic E-state index is 0. The van der Waals surface area contributed by atoms with Crippen molar-refractivity contribution < 1.29 is 9.53 Å². The molecule has 2 N–H and O–H groups in total. The van der Waals surface area contributed by atoms with Gasteiger partial charge in [0.15, 0.2) is 0 Å². The third-order valence-corrected chi connectivity index (χ3v) is 4.67. The molecule has 2 fully saturated rings. The number of ether oxygens (including phenoxy) is 1. The van der Waals surface area contributed by atoms with Gasteiger partial charge in [0, 0.05) is 31.2 Å². The normalized spacial score (nSPS) is 19.4. The van der Waals surface area contributed by atoms with Gasteiger partial charge >= 0.3 is 0 Å². The largest absolute Gasteiger partial charge is 0.379 e. The molecule has 136 valence electrons. The van der Waals surface area contributed by atoms with Crippen LogP contribution in [-0.4, -0.2) is 50.2 Å². The van der Waals surface area contributed by atoms with E-state index >= 15 is 0 Å². The van der Waals surface area contributed by atoms with E-state index < -0.39 is 0 Å². The van der Waals surface area contributed by atoms with Crippen LogP contribution in [0.5, 0.6) is 0 Å². The average molecular weight is 376 g/mol. The lowest BCUT2D eigenvalue weighted by molar-refractivity contribution is -0.121. The Morgan fingerprint density at radius 2 is 1.88 bits per heavy atom. The molecule has 7 heteroatoms. The summed E-state index contributed by atoms with van der Waals surface area (Å²) in [5.41, 5.74) is 2.16. The van der Waals surface area contributed by atoms with Gasteiger partial charge in [0.2, 0.25) is 5.91 Å². The Hall–Kier alpha value is -0.850. The lowest BCUT2D eigenvalue weighted by atomic mass is 9.88. The first-order valence-corrected chi connectivity index (χ1v) is 8.13. The molecule has 2 aliphatic rings.